The number of rotatable bonds is 3. The van der Waals surface area contributed by atoms with E-state index >= 15 is 0 Å². The second-order valence-corrected chi connectivity index (χ2v) is 4.16. The molecule has 4 N–H and O–H groups in total. The molecule has 1 aromatic heterocycles. The van der Waals surface area contributed by atoms with E-state index in [9.17, 15) is 8.78 Å². The van der Waals surface area contributed by atoms with E-state index in [1.807, 2.05) is 0 Å². The van der Waals surface area contributed by atoms with Crippen LogP contribution in [-0.2, 0) is 0 Å². The van der Waals surface area contributed by atoms with Crippen molar-refractivity contribution in [1.82, 2.24) is 9.97 Å². The summed E-state index contributed by atoms with van der Waals surface area (Å²) in [5.74, 6) is 4.51. The van der Waals surface area contributed by atoms with Crippen LogP contribution in [0.4, 0.5) is 26.1 Å². The first-order valence-corrected chi connectivity index (χ1v) is 5.59. The van der Waals surface area contributed by atoms with Crippen LogP contribution >= 0.6 is 15.9 Å². The zero-order valence-corrected chi connectivity index (χ0v) is 10.5. The summed E-state index contributed by atoms with van der Waals surface area (Å²) in [6.07, 6.45) is 2.75. The highest BCUT2D eigenvalue weighted by Gasteiger charge is 2.09. The van der Waals surface area contributed by atoms with Gasteiger partial charge in [0, 0.05) is 6.07 Å². The minimum Gasteiger partial charge on any atom is -0.336 e. The SMILES string of the molecule is NNc1cncc(Nc2cc(F)c(Br)cc2F)n1. The van der Waals surface area contributed by atoms with Gasteiger partial charge < -0.3 is 10.7 Å². The van der Waals surface area contributed by atoms with Gasteiger partial charge >= 0.3 is 0 Å². The highest BCUT2D eigenvalue weighted by Crippen LogP contribution is 2.25. The smallest absolute Gasteiger partial charge is 0.160 e. The zero-order valence-electron chi connectivity index (χ0n) is 8.92. The van der Waals surface area contributed by atoms with Crippen molar-refractivity contribution < 1.29 is 8.78 Å². The van der Waals surface area contributed by atoms with Crippen LogP contribution in [-0.4, -0.2) is 9.97 Å². The number of hydrogen-bond acceptors (Lipinski definition) is 5. The molecular weight excluding hydrogens is 308 g/mol. The Morgan fingerprint density at radius 3 is 2.56 bits per heavy atom. The highest BCUT2D eigenvalue weighted by molar-refractivity contribution is 9.10. The summed E-state index contributed by atoms with van der Waals surface area (Å²) < 4.78 is 26.9. The first kappa shape index (κ1) is 12.7. The fraction of sp³-hybridized carbons (Fsp3) is 0. The molecule has 1 aromatic carbocycles. The van der Waals surface area contributed by atoms with Gasteiger partial charge in [-0.05, 0) is 22.0 Å². The Kier molecular flexibility index (Phi) is 3.68. The molecule has 0 aliphatic heterocycles. The van der Waals surface area contributed by atoms with E-state index in [0.717, 1.165) is 12.1 Å². The van der Waals surface area contributed by atoms with Gasteiger partial charge in [0.05, 0.1) is 22.6 Å². The molecule has 5 nitrogen and oxygen atoms in total. The number of hydrogen-bond donors (Lipinski definition) is 3. The summed E-state index contributed by atoms with van der Waals surface area (Å²) in [5, 5.41) is 2.61. The molecular formula is C10H8BrF2N5. The van der Waals surface area contributed by atoms with Gasteiger partial charge in [0.15, 0.2) is 11.6 Å². The van der Waals surface area contributed by atoms with Crippen LogP contribution in [0.1, 0.15) is 0 Å². The molecule has 0 saturated heterocycles. The van der Waals surface area contributed by atoms with Crippen LogP contribution in [0.5, 0.6) is 0 Å². The molecule has 0 radical (unpaired) electrons. The molecule has 18 heavy (non-hydrogen) atoms. The van der Waals surface area contributed by atoms with Gasteiger partial charge in [-0.25, -0.2) is 19.6 Å². The fourth-order valence-electron chi connectivity index (χ4n) is 1.25. The van der Waals surface area contributed by atoms with Crippen LogP contribution in [0, 0.1) is 11.6 Å². The average molecular weight is 316 g/mol. The second kappa shape index (κ2) is 5.23. The first-order chi connectivity index (χ1) is 8.60. The van der Waals surface area contributed by atoms with Gasteiger partial charge in [-0.1, -0.05) is 0 Å². The van der Waals surface area contributed by atoms with Crippen LogP contribution in [0.3, 0.4) is 0 Å². The van der Waals surface area contributed by atoms with Crippen LogP contribution < -0.4 is 16.6 Å². The number of nitrogens with zero attached hydrogens (tertiary/aromatic N) is 2. The Morgan fingerprint density at radius 1 is 1.11 bits per heavy atom. The van der Waals surface area contributed by atoms with Crippen molar-refractivity contribution in [3.8, 4) is 0 Å². The lowest BCUT2D eigenvalue weighted by molar-refractivity contribution is 0.597. The molecule has 0 saturated carbocycles. The number of halogens is 3. The standard InChI is InChI=1S/C10H8BrF2N5/c11-5-1-7(13)8(2-6(5)12)16-9-3-15-4-10(17-9)18-14/h1-4H,14H2,(H2,16,17,18). The van der Waals surface area contributed by atoms with Gasteiger partial charge in [0.25, 0.3) is 0 Å². The predicted molar refractivity (Wildman–Crippen MR) is 67.2 cm³/mol. The largest absolute Gasteiger partial charge is 0.336 e. The molecule has 0 amide bonds. The molecule has 0 aliphatic carbocycles. The molecule has 0 aliphatic rings. The molecule has 1 heterocycles. The average Bonchev–Trinajstić information content (AvgIpc) is 2.36. The lowest BCUT2D eigenvalue weighted by atomic mass is 10.3. The highest BCUT2D eigenvalue weighted by atomic mass is 79.9. The van der Waals surface area contributed by atoms with E-state index in [1.165, 1.54) is 12.4 Å². The molecule has 8 heteroatoms. The maximum Gasteiger partial charge on any atom is 0.160 e. The molecule has 0 bridgehead atoms. The van der Waals surface area contributed by atoms with Crippen molar-refractivity contribution in [3.63, 3.8) is 0 Å². The summed E-state index contributed by atoms with van der Waals surface area (Å²) in [4.78, 5) is 7.80. The van der Waals surface area contributed by atoms with Gasteiger partial charge in [0.2, 0.25) is 0 Å². The fourth-order valence-corrected chi connectivity index (χ4v) is 1.57. The second-order valence-electron chi connectivity index (χ2n) is 3.31. The topological polar surface area (TPSA) is 75.9 Å². The third kappa shape index (κ3) is 2.71. The molecule has 2 aromatic rings. The number of nitrogens with two attached hydrogens (primary N) is 1. The van der Waals surface area contributed by atoms with E-state index in [-0.39, 0.29) is 16.0 Å². The normalized spacial score (nSPS) is 10.2. The quantitative estimate of drug-likeness (QED) is 0.461. The van der Waals surface area contributed by atoms with Crippen molar-refractivity contribution in [3.05, 3.63) is 40.6 Å². The lowest BCUT2D eigenvalue weighted by Crippen LogP contribution is -2.09. The summed E-state index contributed by atoms with van der Waals surface area (Å²) >= 11 is 2.89. The van der Waals surface area contributed by atoms with Crippen molar-refractivity contribution in [2.75, 3.05) is 10.7 Å². The predicted octanol–water partition coefficient (Wildman–Crippen LogP) is 2.55. The Bertz CT molecular complexity index is 578. The Labute approximate surface area is 110 Å². The van der Waals surface area contributed by atoms with Crippen molar-refractivity contribution in [2.24, 2.45) is 5.84 Å². The molecule has 94 valence electrons. The van der Waals surface area contributed by atoms with Gasteiger partial charge in [-0.2, -0.15) is 0 Å². The summed E-state index contributed by atoms with van der Waals surface area (Å²) in [6.45, 7) is 0. The lowest BCUT2D eigenvalue weighted by Gasteiger charge is -2.08. The van der Waals surface area contributed by atoms with E-state index in [1.54, 1.807) is 0 Å². The first-order valence-electron chi connectivity index (χ1n) is 4.80. The third-order valence-electron chi connectivity index (χ3n) is 2.06. The van der Waals surface area contributed by atoms with E-state index in [2.05, 4.69) is 36.6 Å². The van der Waals surface area contributed by atoms with E-state index in [4.69, 9.17) is 5.84 Å². The Hall–Kier alpha value is -1.80. The maximum atomic E-state index is 13.6. The van der Waals surface area contributed by atoms with E-state index < -0.39 is 11.6 Å². The molecule has 2 rings (SSSR count). The van der Waals surface area contributed by atoms with Crippen LogP contribution in [0.2, 0.25) is 0 Å². The Morgan fingerprint density at radius 2 is 1.83 bits per heavy atom. The zero-order chi connectivity index (χ0) is 13.1. The number of anilines is 3. The van der Waals surface area contributed by atoms with Gasteiger partial charge in [0.1, 0.15) is 11.6 Å². The number of hydrazine groups is 1. The molecule has 0 unspecified atom stereocenters. The molecule has 0 fully saturated rings. The van der Waals surface area contributed by atoms with Crippen molar-refractivity contribution in [2.45, 2.75) is 0 Å². The molecule has 0 atom stereocenters. The van der Waals surface area contributed by atoms with Crippen molar-refractivity contribution in [1.29, 1.82) is 0 Å². The maximum absolute atomic E-state index is 13.6. The minimum absolute atomic E-state index is 0.0424. The Balaban J connectivity index is 2.30. The molecule has 0 spiro atoms. The summed E-state index contributed by atoms with van der Waals surface area (Å²) in [7, 11) is 0. The number of nitrogen functional groups attached to an aromatic ring is 1. The van der Waals surface area contributed by atoms with Gasteiger partial charge in [-0.3, -0.25) is 4.98 Å². The minimum atomic E-state index is -0.615. The number of aromatic nitrogens is 2. The number of benzene rings is 1. The third-order valence-corrected chi connectivity index (χ3v) is 2.66. The number of nitrogens with one attached hydrogen (secondary N) is 2. The summed E-state index contributed by atoms with van der Waals surface area (Å²) in [6, 6.07) is 2.04. The van der Waals surface area contributed by atoms with E-state index in [0.29, 0.717) is 5.82 Å². The summed E-state index contributed by atoms with van der Waals surface area (Å²) in [5.41, 5.74) is 2.26. The van der Waals surface area contributed by atoms with Crippen LogP contribution in [0.15, 0.2) is 29.0 Å². The van der Waals surface area contributed by atoms with Crippen molar-refractivity contribution >= 4 is 33.3 Å². The van der Waals surface area contributed by atoms with Gasteiger partial charge in [-0.15, -0.1) is 0 Å². The van der Waals surface area contributed by atoms with Crippen LogP contribution in [0.25, 0.3) is 0 Å². The monoisotopic (exact) mass is 315 g/mol.